The van der Waals surface area contributed by atoms with E-state index in [1.165, 1.54) is 0 Å². The number of carbonyl (C=O) groups is 2. The van der Waals surface area contributed by atoms with Gasteiger partial charge < -0.3 is 14.5 Å². The Bertz CT molecular complexity index is 946. The van der Waals surface area contributed by atoms with Crippen molar-refractivity contribution < 1.29 is 14.3 Å². The van der Waals surface area contributed by atoms with Gasteiger partial charge in [0.25, 0.3) is 0 Å². The monoisotopic (exact) mass is 450 g/mol. The van der Waals surface area contributed by atoms with E-state index < -0.39 is 0 Å². The predicted octanol–water partition coefficient (Wildman–Crippen LogP) is 4.73. The minimum absolute atomic E-state index is 0.0359. The van der Waals surface area contributed by atoms with Crippen LogP contribution in [-0.2, 0) is 34.0 Å². The van der Waals surface area contributed by atoms with Crippen LogP contribution in [0.5, 0.6) is 0 Å². The Morgan fingerprint density at radius 3 is 2.12 bits per heavy atom. The molecular weight excluding hydrogens is 420 g/mol. The van der Waals surface area contributed by atoms with E-state index >= 15 is 0 Å². The lowest BCUT2D eigenvalue weighted by molar-refractivity contribution is -0.144. The zero-order valence-corrected chi connectivity index (χ0v) is 19.3. The first kappa shape index (κ1) is 23.7. The molecule has 3 aromatic rings. The quantitative estimate of drug-likeness (QED) is 0.401. The molecule has 0 unspecified atom stereocenters. The van der Waals surface area contributed by atoms with Crippen molar-refractivity contribution in [1.82, 2.24) is 9.80 Å². The summed E-state index contributed by atoms with van der Waals surface area (Å²) in [6.45, 7) is 3.96. The lowest BCUT2D eigenvalue weighted by atomic mass is 10.2. The van der Waals surface area contributed by atoms with E-state index in [1.807, 2.05) is 90.0 Å². The van der Waals surface area contributed by atoms with E-state index in [1.54, 1.807) is 16.2 Å². The second-order valence-electron chi connectivity index (χ2n) is 7.61. The van der Waals surface area contributed by atoms with Crippen LogP contribution in [0, 0.1) is 0 Å². The molecule has 0 bridgehead atoms. The highest BCUT2D eigenvalue weighted by molar-refractivity contribution is 7.09. The average molecular weight is 451 g/mol. The molecule has 0 saturated carbocycles. The van der Waals surface area contributed by atoms with Crippen LogP contribution in [0.1, 0.15) is 29.3 Å². The lowest BCUT2D eigenvalue weighted by Gasteiger charge is -2.27. The zero-order valence-electron chi connectivity index (χ0n) is 18.5. The Hall–Kier alpha value is -2.96. The van der Waals surface area contributed by atoms with Gasteiger partial charge in [-0.25, -0.2) is 0 Å². The maximum atomic E-state index is 13.3. The Morgan fingerprint density at radius 2 is 1.50 bits per heavy atom. The third-order valence-electron chi connectivity index (χ3n) is 5.01. The molecule has 0 N–H and O–H groups in total. The number of hydrogen-bond donors (Lipinski definition) is 0. The van der Waals surface area contributed by atoms with Gasteiger partial charge in [0, 0.05) is 18.0 Å². The minimum atomic E-state index is -0.160. The van der Waals surface area contributed by atoms with Crippen molar-refractivity contribution in [3.8, 4) is 0 Å². The number of rotatable bonds is 12. The molecule has 0 spiro atoms. The molecule has 2 aromatic carbocycles. The molecular formula is C26H30N2O3S. The van der Waals surface area contributed by atoms with Gasteiger partial charge in [0.15, 0.2) is 0 Å². The summed E-state index contributed by atoms with van der Waals surface area (Å²) in [6.07, 6.45) is 0.779. The third-order valence-corrected chi connectivity index (χ3v) is 5.87. The molecule has 1 aromatic heterocycles. The summed E-state index contributed by atoms with van der Waals surface area (Å²) in [7, 11) is 0. The molecule has 5 nitrogen and oxygen atoms in total. The molecule has 3 rings (SSSR count). The van der Waals surface area contributed by atoms with Gasteiger partial charge in [0.1, 0.15) is 6.61 Å². The Labute approximate surface area is 194 Å². The number of nitrogens with zero attached hydrogens (tertiary/aromatic N) is 2. The first-order chi connectivity index (χ1) is 15.7. The maximum absolute atomic E-state index is 13.3. The summed E-state index contributed by atoms with van der Waals surface area (Å²) in [5.74, 6) is -0.223. The van der Waals surface area contributed by atoms with Crippen molar-refractivity contribution in [2.24, 2.45) is 0 Å². The van der Waals surface area contributed by atoms with Gasteiger partial charge in [-0.1, -0.05) is 73.7 Å². The summed E-state index contributed by atoms with van der Waals surface area (Å²) in [5, 5.41) is 2.01. The SMILES string of the molecule is CCCN(CC(=O)N(Cc1ccccc1)Cc1cccs1)C(=O)COCc1ccccc1. The van der Waals surface area contributed by atoms with E-state index in [4.69, 9.17) is 4.74 Å². The van der Waals surface area contributed by atoms with Crippen LogP contribution in [0.25, 0.3) is 0 Å². The fourth-order valence-electron chi connectivity index (χ4n) is 3.37. The van der Waals surface area contributed by atoms with Gasteiger partial charge in [-0.05, 0) is 29.0 Å². The van der Waals surface area contributed by atoms with Crippen LogP contribution in [0.2, 0.25) is 0 Å². The van der Waals surface area contributed by atoms with Crippen LogP contribution in [0.15, 0.2) is 78.2 Å². The molecule has 0 aliphatic carbocycles. The van der Waals surface area contributed by atoms with Crippen LogP contribution >= 0.6 is 11.3 Å². The molecule has 0 saturated heterocycles. The molecule has 0 aliphatic rings. The molecule has 2 amide bonds. The Morgan fingerprint density at radius 1 is 0.812 bits per heavy atom. The highest BCUT2D eigenvalue weighted by Crippen LogP contribution is 2.15. The van der Waals surface area contributed by atoms with E-state index in [0.717, 1.165) is 22.4 Å². The van der Waals surface area contributed by atoms with Crippen molar-refractivity contribution in [1.29, 1.82) is 0 Å². The van der Waals surface area contributed by atoms with Gasteiger partial charge in [-0.15, -0.1) is 11.3 Å². The van der Waals surface area contributed by atoms with Crippen molar-refractivity contribution in [2.75, 3.05) is 19.7 Å². The summed E-state index contributed by atoms with van der Waals surface area (Å²) < 4.78 is 5.62. The summed E-state index contributed by atoms with van der Waals surface area (Å²) in [5.41, 5.74) is 2.08. The van der Waals surface area contributed by atoms with E-state index in [0.29, 0.717) is 26.2 Å². The van der Waals surface area contributed by atoms with Crippen LogP contribution in [0.4, 0.5) is 0 Å². The van der Waals surface area contributed by atoms with Gasteiger partial charge >= 0.3 is 0 Å². The number of ether oxygens (including phenoxy) is 1. The standard InChI is InChI=1S/C26H30N2O3S/c1-2-15-27(26(30)21-31-20-23-12-7-4-8-13-23)19-25(29)28(18-24-14-9-16-32-24)17-22-10-5-3-6-11-22/h3-14,16H,2,15,17-21H2,1H3. The molecule has 6 heteroatoms. The number of carbonyl (C=O) groups excluding carboxylic acids is 2. The molecule has 0 aliphatic heterocycles. The van der Waals surface area contributed by atoms with Crippen LogP contribution in [0.3, 0.4) is 0 Å². The van der Waals surface area contributed by atoms with Crippen molar-refractivity contribution >= 4 is 23.2 Å². The largest absolute Gasteiger partial charge is 0.367 e. The van der Waals surface area contributed by atoms with Crippen LogP contribution < -0.4 is 0 Å². The fourth-order valence-corrected chi connectivity index (χ4v) is 4.09. The topological polar surface area (TPSA) is 49.9 Å². The Kier molecular flexibility index (Phi) is 9.47. The van der Waals surface area contributed by atoms with Gasteiger partial charge in [-0.3, -0.25) is 9.59 Å². The van der Waals surface area contributed by atoms with E-state index in [2.05, 4.69) is 0 Å². The van der Waals surface area contributed by atoms with Gasteiger partial charge in [0.05, 0.1) is 19.7 Å². The Balaban J connectivity index is 1.61. The zero-order chi connectivity index (χ0) is 22.6. The third kappa shape index (κ3) is 7.62. The highest BCUT2D eigenvalue weighted by Gasteiger charge is 2.21. The predicted molar refractivity (Wildman–Crippen MR) is 128 cm³/mol. The normalized spacial score (nSPS) is 10.7. The lowest BCUT2D eigenvalue weighted by Crippen LogP contribution is -2.44. The minimum Gasteiger partial charge on any atom is -0.367 e. The second-order valence-corrected chi connectivity index (χ2v) is 8.64. The fraction of sp³-hybridized carbons (Fsp3) is 0.308. The summed E-state index contributed by atoms with van der Waals surface area (Å²) >= 11 is 1.63. The molecule has 168 valence electrons. The second kappa shape index (κ2) is 12.8. The average Bonchev–Trinajstić information content (AvgIpc) is 3.33. The number of thiophene rings is 1. The van der Waals surface area contributed by atoms with Crippen molar-refractivity contribution in [3.63, 3.8) is 0 Å². The maximum Gasteiger partial charge on any atom is 0.249 e. The van der Waals surface area contributed by atoms with Gasteiger partial charge in [0.2, 0.25) is 11.8 Å². The highest BCUT2D eigenvalue weighted by atomic mass is 32.1. The molecule has 0 atom stereocenters. The first-order valence-electron chi connectivity index (χ1n) is 10.9. The van der Waals surface area contributed by atoms with Crippen molar-refractivity contribution in [2.45, 2.75) is 33.0 Å². The van der Waals surface area contributed by atoms with Crippen molar-refractivity contribution in [3.05, 3.63) is 94.2 Å². The first-order valence-corrected chi connectivity index (χ1v) is 11.8. The molecule has 0 radical (unpaired) electrons. The number of hydrogen-bond acceptors (Lipinski definition) is 4. The van der Waals surface area contributed by atoms with Crippen LogP contribution in [-0.4, -0.2) is 41.3 Å². The van der Waals surface area contributed by atoms with E-state index in [9.17, 15) is 9.59 Å². The molecule has 0 fully saturated rings. The van der Waals surface area contributed by atoms with Gasteiger partial charge in [-0.2, -0.15) is 0 Å². The number of benzene rings is 2. The molecule has 32 heavy (non-hydrogen) atoms. The summed E-state index contributed by atoms with van der Waals surface area (Å²) in [6, 6.07) is 23.7. The molecule has 1 heterocycles. The van der Waals surface area contributed by atoms with E-state index in [-0.39, 0.29) is 25.0 Å². The summed E-state index contributed by atoms with van der Waals surface area (Å²) in [4.78, 5) is 30.6. The number of amides is 2. The smallest absolute Gasteiger partial charge is 0.249 e.